The van der Waals surface area contributed by atoms with Gasteiger partial charge in [0.25, 0.3) is 5.91 Å². The van der Waals surface area contributed by atoms with Gasteiger partial charge < -0.3 is 14.5 Å². The van der Waals surface area contributed by atoms with Crippen LogP contribution in [0.25, 0.3) is 10.6 Å². The van der Waals surface area contributed by atoms with Crippen molar-refractivity contribution in [2.75, 3.05) is 61.0 Å². The van der Waals surface area contributed by atoms with Gasteiger partial charge in [0.15, 0.2) is 5.13 Å². The molecule has 3 aromatic rings. The van der Waals surface area contributed by atoms with Crippen LogP contribution in [0.15, 0.2) is 22.1 Å². The van der Waals surface area contributed by atoms with Gasteiger partial charge in [-0.3, -0.25) is 19.8 Å². The highest BCUT2D eigenvalue weighted by Crippen LogP contribution is 2.45. The molecule has 6 rings (SSSR count). The predicted molar refractivity (Wildman–Crippen MR) is 188 cm³/mol. The van der Waals surface area contributed by atoms with Crippen molar-refractivity contribution in [3.8, 4) is 10.6 Å². The molecule has 3 fully saturated rings. The van der Waals surface area contributed by atoms with E-state index in [2.05, 4.69) is 40.9 Å². The van der Waals surface area contributed by atoms with Gasteiger partial charge in [-0.15, -0.1) is 11.3 Å². The number of esters is 1. The third kappa shape index (κ3) is 7.62. The number of hydrogen-bond acceptors (Lipinski definition) is 10. The molecule has 242 valence electrons. The second-order valence-electron chi connectivity index (χ2n) is 11.7. The molecule has 0 bridgehead atoms. The molecule has 1 amide bonds. The van der Waals surface area contributed by atoms with Crippen LogP contribution in [0.1, 0.15) is 62.2 Å². The number of rotatable bonds is 8. The molecule has 14 heteroatoms. The minimum absolute atomic E-state index is 0.106. The normalized spacial score (nSPS) is 18.8. The molecule has 5 heterocycles. The Kier molecular flexibility index (Phi) is 10.9. The molecule has 1 saturated carbocycles. The zero-order chi connectivity index (χ0) is 31.5. The number of nitrogens with zero attached hydrogens (tertiary/aromatic N) is 5. The van der Waals surface area contributed by atoms with Gasteiger partial charge in [-0.2, -0.15) is 0 Å². The van der Waals surface area contributed by atoms with Gasteiger partial charge in [0, 0.05) is 51.5 Å². The molecule has 3 aromatic heterocycles. The fourth-order valence-corrected chi connectivity index (χ4v) is 9.55. The molecule has 45 heavy (non-hydrogen) atoms. The fourth-order valence-electron chi connectivity index (χ4n) is 6.48. The minimum Gasteiger partial charge on any atom is -0.466 e. The Hall–Kier alpha value is -1.96. The Balaban J connectivity index is 1.15. The van der Waals surface area contributed by atoms with Crippen molar-refractivity contribution in [2.45, 2.75) is 57.9 Å². The van der Waals surface area contributed by atoms with Crippen molar-refractivity contribution < 1.29 is 14.3 Å². The highest BCUT2D eigenvalue weighted by molar-refractivity contribution is 9.11. The summed E-state index contributed by atoms with van der Waals surface area (Å²) in [5.74, 6) is 0.0385. The number of hydrogen-bond donors (Lipinski definition) is 1. The summed E-state index contributed by atoms with van der Waals surface area (Å²) >= 11 is 19.6. The van der Waals surface area contributed by atoms with E-state index in [0.29, 0.717) is 65.1 Å². The summed E-state index contributed by atoms with van der Waals surface area (Å²) in [5, 5.41) is 5.59. The number of aromatic nitrogens is 2. The SMILES string of the molecule is CCOC(=O)C1CCN(c2ncc(C(=O)Nc3nc(-c4cc(Cl)c(Br)s4)c(N4CCN(C5CCCCC5)CC4)s3)cc2Cl)CC1. The number of carbonyl (C=O) groups excluding carboxylic acids is 2. The fraction of sp³-hybridized carbons (Fsp3) is 0.548. The van der Waals surface area contributed by atoms with E-state index in [4.69, 9.17) is 32.9 Å². The average Bonchev–Trinajstić information content (AvgIpc) is 3.63. The summed E-state index contributed by atoms with van der Waals surface area (Å²) in [6, 6.07) is 4.27. The van der Waals surface area contributed by atoms with Gasteiger partial charge in [-0.25, -0.2) is 9.97 Å². The van der Waals surface area contributed by atoms with Crippen LogP contribution in [0.5, 0.6) is 0 Å². The Morgan fingerprint density at radius 2 is 1.71 bits per heavy atom. The van der Waals surface area contributed by atoms with Crippen molar-refractivity contribution in [3.63, 3.8) is 0 Å². The van der Waals surface area contributed by atoms with E-state index in [1.54, 1.807) is 12.3 Å². The Labute approximate surface area is 290 Å². The summed E-state index contributed by atoms with van der Waals surface area (Å²) in [6.45, 7) is 7.37. The molecule has 1 aliphatic carbocycles. The molecule has 3 aliphatic rings. The lowest BCUT2D eigenvalue weighted by Gasteiger charge is -2.41. The lowest BCUT2D eigenvalue weighted by atomic mass is 9.94. The van der Waals surface area contributed by atoms with Crippen molar-refractivity contribution in [2.24, 2.45) is 5.92 Å². The topological polar surface area (TPSA) is 90.9 Å². The summed E-state index contributed by atoms with van der Waals surface area (Å²) in [4.78, 5) is 43.0. The maximum Gasteiger partial charge on any atom is 0.309 e. The first kappa shape index (κ1) is 33.0. The van der Waals surface area contributed by atoms with E-state index < -0.39 is 0 Å². The molecular formula is C31H37BrCl2N6O3S2. The smallest absolute Gasteiger partial charge is 0.309 e. The molecule has 0 spiro atoms. The Bertz CT molecular complexity index is 1500. The highest BCUT2D eigenvalue weighted by atomic mass is 79.9. The predicted octanol–water partition coefficient (Wildman–Crippen LogP) is 7.82. The lowest BCUT2D eigenvalue weighted by Crippen LogP contribution is -2.50. The molecule has 0 unspecified atom stereocenters. The number of thiophene rings is 1. The number of ether oxygens (including phenoxy) is 1. The van der Waals surface area contributed by atoms with Gasteiger partial charge in [-0.05, 0) is 60.7 Å². The maximum absolute atomic E-state index is 13.4. The molecule has 0 atom stereocenters. The molecule has 0 aromatic carbocycles. The van der Waals surface area contributed by atoms with Gasteiger partial charge in [0.1, 0.15) is 16.5 Å². The number of piperazine rings is 1. The van der Waals surface area contributed by atoms with Crippen LogP contribution in [0.3, 0.4) is 0 Å². The second-order valence-corrected chi connectivity index (χ2v) is 15.9. The monoisotopic (exact) mass is 754 g/mol. The molecule has 0 radical (unpaired) electrons. The van der Waals surface area contributed by atoms with Crippen LogP contribution in [0.2, 0.25) is 10.0 Å². The van der Waals surface area contributed by atoms with Crippen molar-refractivity contribution in [3.05, 3.63) is 37.7 Å². The molecule has 1 N–H and O–H groups in total. The standard InChI is InChI=1S/C31H37BrCl2N6O3S2/c1-2-43-30(42)19-8-10-39(11-9-19)27-23(34)16-20(18-35-27)28(41)37-31-36-25(24-17-22(33)26(32)44-24)29(45-31)40-14-12-38(13-15-40)21-6-4-3-5-7-21/h16-19,21H,2-15H2,1H3,(H,36,37,41). The third-order valence-corrected chi connectivity index (χ3v) is 12.7. The van der Waals surface area contributed by atoms with E-state index in [-0.39, 0.29) is 17.8 Å². The van der Waals surface area contributed by atoms with E-state index in [9.17, 15) is 9.59 Å². The summed E-state index contributed by atoms with van der Waals surface area (Å²) in [5.41, 5.74) is 1.18. The first-order valence-corrected chi connectivity index (χ1v) is 18.8. The Morgan fingerprint density at radius 1 is 0.978 bits per heavy atom. The number of nitrogens with one attached hydrogen (secondary N) is 1. The zero-order valence-electron chi connectivity index (χ0n) is 25.2. The lowest BCUT2D eigenvalue weighted by molar-refractivity contribution is -0.148. The number of pyridine rings is 1. The Morgan fingerprint density at radius 3 is 2.36 bits per heavy atom. The minimum atomic E-state index is -0.323. The van der Waals surface area contributed by atoms with E-state index in [1.165, 1.54) is 54.8 Å². The van der Waals surface area contributed by atoms with Crippen LogP contribution in [-0.2, 0) is 9.53 Å². The van der Waals surface area contributed by atoms with Gasteiger partial charge in [0.05, 0.1) is 36.8 Å². The van der Waals surface area contributed by atoms with Gasteiger partial charge in [0.2, 0.25) is 0 Å². The van der Waals surface area contributed by atoms with Crippen LogP contribution in [-0.4, -0.2) is 78.7 Å². The van der Waals surface area contributed by atoms with E-state index in [1.807, 2.05) is 13.0 Å². The number of thiazole rings is 1. The first-order valence-electron chi connectivity index (χ1n) is 15.6. The zero-order valence-corrected chi connectivity index (χ0v) is 29.9. The van der Waals surface area contributed by atoms with Crippen molar-refractivity contribution in [1.82, 2.24) is 14.9 Å². The molecular weight excluding hydrogens is 719 g/mol. The molecule has 9 nitrogen and oxygen atoms in total. The van der Waals surface area contributed by atoms with Crippen LogP contribution >= 0.6 is 61.8 Å². The molecule has 2 aliphatic heterocycles. The summed E-state index contributed by atoms with van der Waals surface area (Å²) in [6.07, 6.45) is 9.53. The third-order valence-electron chi connectivity index (χ3n) is 8.90. The largest absolute Gasteiger partial charge is 0.466 e. The quantitative estimate of drug-likeness (QED) is 0.233. The van der Waals surface area contributed by atoms with Crippen molar-refractivity contribution in [1.29, 1.82) is 0 Å². The van der Waals surface area contributed by atoms with Crippen LogP contribution in [0, 0.1) is 5.92 Å². The number of carbonyl (C=O) groups is 2. The number of halogens is 3. The number of amides is 1. The van der Waals surface area contributed by atoms with Gasteiger partial charge in [-0.1, -0.05) is 53.8 Å². The maximum atomic E-state index is 13.4. The van der Waals surface area contributed by atoms with E-state index in [0.717, 1.165) is 45.5 Å². The number of piperidine rings is 1. The van der Waals surface area contributed by atoms with Crippen LogP contribution < -0.4 is 15.1 Å². The van der Waals surface area contributed by atoms with Crippen LogP contribution in [0.4, 0.5) is 16.0 Å². The average molecular weight is 757 g/mol. The second kappa shape index (κ2) is 14.9. The van der Waals surface area contributed by atoms with Gasteiger partial charge >= 0.3 is 5.97 Å². The number of anilines is 3. The van der Waals surface area contributed by atoms with Crippen molar-refractivity contribution >= 4 is 89.6 Å². The first-order chi connectivity index (χ1) is 21.8. The summed E-state index contributed by atoms with van der Waals surface area (Å²) in [7, 11) is 0. The highest BCUT2D eigenvalue weighted by Gasteiger charge is 2.30. The summed E-state index contributed by atoms with van der Waals surface area (Å²) < 4.78 is 6.04. The molecule has 2 saturated heterocycles. The van der Waals surface area contributed by atoms with E-state index >= 15 is 0 Å².